The Labute approximate surface area is 201 Å². The van der Waals surface area contributed by atoms with Crippen molar-refractivity contribution in [1.82, 2.24) is 14.5 Å². The first-order chi connectivity index (χ1) is 16.0. The minimum Gasteiger partial charge on any atom is -0.354 e. The maximum atomic E-state index is 14.6. The Balaban J connectivity index is 2.44. The van der Waals surface area contributed by atoms with E-state index in [1.807, 2.05) is 38.1 Å². The van der Waals surface area contributed by atoms with Crippen LogP contribution in [0.2, 0.25) is 0 Å². The lowest BCUT2D eigenvalue weighted by molar-refractivity contribution is -0.139. The van der Waals surface area contributed by atoms with E-state index in [1.54, 1.807) is 6.92 Å². The van der Waals surface area contributed by atoms with Crippen molar-refractivity contribution < 1.29 is 22.4 Å². The molecule has 1 unspecified atom stereocenters. The summed E-state index contributed by atoms with van der Waals surface area (Å²) in [4.78, 5) is 27.5. The molecule has 0 fully saturated rings. The van der Waals surface area contributed by atoms with Gasteiger partial charge in [-0.25, -0.2) is 8.70 Å². The monoisotopic (exact) mass is 492 g/mol. The van der Waals surface area contributed by atoms with Gasteiger partial charge in [-0.1, -0.05) is 48.9 Å². The minimum atomic E-state index is -4.20. The van der Waals surface area contributed by atoms with Crippen LogP contribution < -0.4 is 9.62 Å². The molecule has 186 valence electrons. The van der Waals surface area contributed by atoms with Crippen molar-refractivity contribution in [3.05, 3.63) is 65.5 Å². The Bertz CT molecular complexity index is 1090. The summed E-state index contributed by atoms with van der Waals surface area (Å²) < 4.78 is 42.3. The van der Waals surface area contributed by atoms with E-state index in [4.69, 9.17) is 0 Å². The van der Waals surface area contributed by atoms with Crippen LogP contribution >= 0.6 is 0 Å². The van der Waals surface area contributed by atoms with Gasteiger partial charge in [0.2, 0.25) is 11.8 Å². The average Bonchev–Trinajstić information content (AvgIpc) is 2.80. The van der Waals surface area contributed by atoms with E-state index in [1.165, 1.54) is 37.2 Å². The second-order valence-electron chi connectivity index (χ2n) is 8.22. The summed E-state index contributed by atoms with van der Waals surface area (Å²) in [6, 6.07) is 12.0. The molecular formula is C24H33FN4O4S. The van der Waals surface area contributed by atoms with E-state index in [0.717, 1.165) is 32.2 Å². The third kappa shape index (κ3) is 6.77. The molecule has 0 spiro atoms. The highest BCUT2D eigenvalue weighted by Crippen LogP contribution is 2.24. The summed E-state index contributed by atoms with van der Waals surface area (Å²) >= 11 is 0. The molecule has 2 aromatic carbocycles. The van der Waals surface area contributed by atoms with E-state index in [-0.39, 0.29) is 18.1 Å². The molecule has 10 heteroatoms. The highest BCUT2D eigenvalue weighted by atomic mass is 32.2. The fourth-order valence-corrected chi connectivity index (χ4v) is 4.29. The first kappa shape index (κ1) is 27.3. The molecule has 0 radical (unpaired) electrons. The molecule has 0 saturated carbocycles. The average molecular weight is 493 g/mol. The molecule has 8 nitrogen and oxygen atoms in total. The summed E-state index contributed by atoms with van der Waals surface area (Å²) in [6.45, 7) is 5.31. The summed E-state index contributed by atoms with van der Waals surface area (Å²) in [5, 5.41) is 2.77. The standard InChI is InChI=1S/C24H33FN4O4S/c1-6-15-26-24(31)19(3)28(16-20-13-11-18(2)12-14-20)23(30)17-29(34(32,33)27(4)5)22-10-8-7-9-21(22)25/h7-14,19H,6,15-17H2,1-5H3,(H,26,31). The summed E-state index contributed by atoms with van der Waals surface area (Å²) in [6.07, 6.45) is 0.729. The quantitative estimate of drug-likeness (QED) is 0.522. The maximum absolute atomic E-state index is 14.6. The molecular weight excluding hydrogens is 459 g/mol. The van der Waals surface area contributed by atoms with E-state index in [9.17, 15) is 22.4 Å². The van der Waals surface area contributed by atoms with Gasteiger partial charge in [0.25, 0.3) is 0 Å². The Hall–Kier alpha value is -2.98. The molecule has 0 saturated heterocycles. The molecule has 2 amide bonds. The van der Waals surface area contributed by atoms with Crippen molar-refractivity contribution in [2.75, 3.05) is 31.5 Å². The molecule has 0 aliphatic rings. The number of amides is 2. The number of carbonyl (C=O) groups excluding carboxylic acids is 2. The number of hydrogen-bond donors (Lipinski definition) is 1. The van der Waals surface area contributed by atoms with Crippen LogP contribution in [0, 0.1) is 12.7 Å². The largest absolute Gasteiger partial charge is 0.354 e. The van der Waals surface area contributed by atoms with Gasteiger partial charge in [0, 0.05) is 27.2 Å². The van der Waals surface area contributed by atoms with E-state index < -0.39 is 34.5 Å². The second-order valence-corrected chi connectivity index (χ2v) is 10.3. The van der Waals surface area contributed by atoms with Crippen LogP contribution in [0.25, 0.3) is 0 Å². The van der Waals surface area contributed by atoms with Crippen LogP contribution in [0.1, 0.15) is 31.4 Å². The Kier molecular flexibility index (Phi) is 9.57. The number of hydrogen-bond acceptors (Lipinski definition) is 4. The minimum absolute atomic E-state index is 0.0902. The van der Waals surface area contributed by atoms with Crippen molar-refractivity contribution in [1.29, 1.82) is 0 Å². The summed E-state index contributed by atoms with van der Waals surface area (Å²) in [5.41, 5.74) is 1.57. The van der Waals surface area contributed by atoms with Gasteiger partial charge in [-0.15, -0.1) is 0 Å². The predicted molar refractivity (Wildman–Crippen MR) is 131 cm³/mol. The molecule has 0 aliphatic carbocycles. The summed E-state index contributed by atoms with van der Waals surface area (Å²) in [7, 11) is -1.59. The van der Waals surface area contributed by atoms with Gasteiger partial charge in [-0.05, 0) is 38.0 Å². The third-order valence-corrected chi connectivity index (χ3v) is 7.14. The zero-order chi connectivity index (χ0) is 25.5. The lowest BCUT2D eigenvalue weighted by Crippen LogP contribution is -2.52. The Morgan fingerprint density at radius 2 is 1.68 bits per heavy atom. The number of halogens is 1. The van der Waals surface area contributed by atoms with Crippen molar-refractivity contribution in [3.8, 4) is 0 Å². The number of benzene rings is 2. The summed E-state index contributed by atoms with van der Waals surface area (Å²) in [5.74, 6) is -1.76. The number of nitrogens with one attached hydrogen (secondary N) is 1. The van der Waals surface area contributed by atoms with Crippen molar-refractivity contribution in [2.45, 2.75) is 39.8 Å². The van der Waals surface area contributed by atoms with Crippen LogP contribution in [0.15, 0.2) is 48.5 Å². The first-order valence-corrected chi connectivity index (χ1v) is 12.5. The molecule has 0 aliphatic heterocycles. The molecule has 1 N–H and O–H groups in total. The number of para-hydroxylation sites is 1. The van der Waals surface area contributed by atoms with Gasteiger partial charge < -0.3 is 10.2 Å². The maximum Gasteiger partial charge on any atom is 0.304 e. The highest BCUT2D eigenvalue weighted by Gasteiger charge is 2.33. The van der Waals surface area contributed by atoms with Crippen molar-refractivity contribution in [2.24, 2.45) is 0 Å². The lowest BCUT2D eigenvalue weighted by atomic mass is 10.1. The third-order valence-electron chi connectivity index (χ3n) is 5.33. The smallest absolute Gasteiger partial charge is 0.304 e. The molecule has 0 heterocycles. The van der Waals surface area contributed by atoms with Gasteiger partial charge in [-0.3, -0.25) is 9.59 Å². The van der Waals surface area contributed by atoms with Crippen LogP contribution in [-0.2, 0) is 26.3 Å². The van der Waals surface area contributed by atoms with Crippen molar-refractivity contribution >= 4 is 27.7 Å². The number of nitrogens with zero attached hydrogens (tertiary/aromatic N) is 3. The highest BCUT2D eigenvalue weighted by molar-refractivity contribution is 7.90. The normalized spacial score (nSPS) is 12.3. The SMILES string of the molecule is CCCNC(=O)C(C)N(Cc1ccc(C)cc1)C(=O)CN(c1ccccc1F)S(=O)(=O)N(C)C. The van der Waals surface area contributed by atoms with Gasteiger partial charge in [0.05, 0.1) is 5.69 Å². The Morgan fingerprint density at radius 1 is 1.06 bits per heavy atom. The second kappa shape index (κ2) is 11.9. The molecule has 0 aromatic heterocycles. The fourth-order valence-electron chi connectivity index (χ4n) is 3.22. The van der Waals surface area contributed by atoms with Gasteiger partial charge in [-0.2, -0.15) is 12.7 Å². The molecule has 1 atom stereocenters. The first-order valence-electron chi connectivity index (χ1n) is 11.1. The Morgan fingerprint density at radius 3 is 2.24 bits per heavy atom. The molecule has 34 heavy (non-hydrogen) atoms. The van der Waals surface area contributed by atoms with Crippen LogP contribution in [0.4, 0.5) is 10.1 Å². The molecule has 2 aromatic rings. The van der Waals surface area contributed by atoms with Crippen LogP contribution in [0.5, 0.6) is 0 Å². The number of anilines is 1. The predicted octanol–water partition coefficient (Wildman–Crippen LogP) is 2.69. The van der Waals surface area contributed by atoms with Gasteiger partial charge in [0.1, 0.15) is 18.4 Å². The van der Waals surface area contributed by atoms with Crippen molar-refractivity contribution in [3.63, 3.8) is 0 Å². The van der Waals surface area contributed by atoms with E-state index in [0.29, 0.717) is 6.54 Å². The number of carbonyl (C=O) groups is 2. The fraction of sp³-hybridized carbons (Fsp3) is 0.417. The van der Waals surface area contributed by atoms with Crippen LogP contribution in [-0.4, -0.2) is 62.7 Å². The number of rotatable bonds is 11. The molecule has 2 rings (SSSR count). The number of aryl methyl sites for hydroxylation is 1. The topological polar surface area (TPSA) is 90.0 Å². The van der Waals surface area contributed by atoms with E-state index in [2.05, 4.69) is 5.32 Å². The van der Waals surface area contributed by atoms with Gasteiger partial charge in [0.15, 0.2) is 0 Å². The van der Waals surface area contributed by atoms with Crippen LogP contribution in [0.3, 0.4) is 0 Å². The van der Waals surface area contributed by atoms with E-state index >= 15 is 0 Å². The lowest BCUT2D eigenvalue weighted by Gasteiger charge is -2.33. The van der Waals surface area contributed by atoms with Gasteiger partial charge >= 0.3 is 10.2 Å². The zero-order valence-electron chi connectivity index (χ0n) is 20.3. The zero-order valence-corrected chi connectivity index (χ0v) is 21.1. The molecule has 0 bridgehead atoms.